The number of carbonyl (C=O) groups excluding carboxylic acids is 1. The highest BCUT2D eigenvalue weighted by Gasteiger charge is 2.49. The van der Waals surface area contributed by atoms with Gasteiger partial charge in [-0.05, 0) is 43.2 Å². The Kier molecular flexibility index (Phi) is 5.31. The first kappa shape index (κ1) is 18.5. The smallest absolute Gasteiger partial charge is 0.303 e. The minimum absolute atomic E-state index is 0.0362. The van der Waals surface area contributed by atoms with E-state index in [1.54, 1.807) is 0 Å². The SMILES string of the molecule is C[C@]1(C2CCCC2)Cc2cc(OCCCC(=O)O)c(Cl)c(Cl)c2C1=O. The van der Waals surface area contributed by atoms with Gasteiger partial charge in [0.1, 0.15) is 10.8 Å². The topological polar surface area (TPSA) is 63.6 Å². The van der Waals surface area contributed by atoms with Crippen LogP contribution >= 0.6 is 23.2 Å². The van der Waals surface area contributed by atoms with Crippen molar-refractivity contribution in [3.8, 4) is 5.75 Å². The maximum atomic E-state index is 13.1. The quantitative estimate of drug-likeness (QED) is 0.686. The monoisotopic (exact) mass is 384 g/mol. The fourth-order valence-electron chi connectivity index (χ4n) is 4.20. The summed E-state index contributed by atoms with van der Waals surface area (Å²) in [5, 5.41) is 9.19. The summed E-state index contributed by atoms with van der Waals surface area (Å²) in [6.45, 7) is 2.29. The zero-order valence-electron chi connectivity index (χ0n) is 14.2. The Labute approximate surface area is 157 Å². The predicted octanol–water partition coefficient (Wildman–Crippen LogP) is 5.17. The molecule has 1 saturated carbocycles. The predicted molar refractivity (Wildman–Crippen MR) is 96.9 cm³/mol. The molecule has 1 aromatic rings. The van der Waals surface area contributed by atoms with Crippen LogP contribution in [0, 0.1) is 11.3 Å². The molecule has 0 aromatic heterocycles. The van der Waals surface area contributed by atoms with Crippen molar-refractivity contribution in [2.24, 2.45) is 11.3 Å². The second kappa shape index (κ2) is 7.16. The molecule has 0 unspecified atom stereocenters. The molecule has 0 heterocycles. The molecule has 2 aliphatic carbocycles. The van der Waals surface area contributed by atoms with Crippen molar-refractivity contribution < 1.29 is 19.4 Å². The first-order valence-corrected chi connectivity index (χ1v) is 9.50. The number of carboxylic acid groups (broad SMARTS) is 1. The molecule has 0 radical (unpaired) electrons. The number of carbonyl (C=O) groups is 2. The van der Waals surface area contributed by atoms with Gasteiger partial charge in [0.05, 0.1) is 11.6 Å². The van der Waals surface area contributed by atoms with E-state index in [4.69, 9.17) is 33.0 Å². The lowest BCUT2D eigenvalue weighted by Crippen LogP contribution is -2.32. The van der Waals surface area contributed by atoms with Crippen molar-refractivity contribution in [3.63, 3.8) is 0 Å². The highest BCUT2D eigenvalue weighted by Crippen LogP contribution is 2.52. The van der Waals surface area contributed by atoms with Crippen molar-refractivity contribution in [1.29, 1.82) is 0 Å². The third kappa shape index (κ3) is 3.39. The molecule has 0 amide bonds. The maximum absolute atomic E-state index is 13.1. The second-order valence-corrected chi connectivity index (χ2v) is 8.04. The van der Waals surface area contributed by atoms with Gasteiger partial charge < -0.3 is 9.84 Å². The fourth-order valence-corrected chi connectivity index (χ4v) is 4.71. The van der Waals surface area contributed by atoms with E-state index < -0.39 is 11.4 Å². The molecular formula is C19H22Cl2O4. The lowest BCUT2D eigenvalue weighted by Gasteiger charge is -2.29. The number of rotatable bonds is 6. The zero-order chi connectivity index (χ0) is 18.2. The fraction of sp³-hybridized carbons (Fsp3) is 0.579. The van der Waals surface area contributed by atoms with Gasteiger partial charge in [-0.15, -0.1) is 0 Å². The minimum Gasteiger partial charge on any atom is -0.492 e. The van der Waals surface area contributed by atoms with Crippen molar-refractivity contribution >= 4 is 35.0 Å². The van der Waals surface area contributed by atoms with Gasteiger partial charge in [-0.2, -0.15) is 0 Å². The van der Waals surface area contributed by atoms with Crippen LogP contribution in [-0.2, 0) is 11.2 Å². The summed E-state index contributed by atoms with van der Waals surface area (Å²) in [5.41, 5.74) is 1.02. The van der Waals surface area contributed by atoms with Gasteiger partial charge in [0.2, 0.25) is 0 Å². The first-order chi connectivity index (χ1) is 11.8. The van der Waals surface area contributed by atoms with Crippen molar-refractivity contribution in [1.82, 2.24) is 0 Å². The average Bonchev–Trinajstić information content (AvgIpc) is 3.17. The Bertz CT molecular complexity index is 710. The molecule has 2 aliphatic rings. The number of Topliss-reactive ketones (excluding diaryl/α,β-unsaturated/α-hetero) is 1. The molecule has 1 atom stereocenters. The van der Waals surface area contributed by atoms with Crippen molar-refractivity contribution in [2.75, 3.05) is 6.61 Å². The van der Waals surface area contributed by atoms with Crippen LogP contribution in [0.5, 0.6) is 5.75 Å². The molecule has 3 rings (SSSR count). The molecular weight excluding hydrogens is 363 g/mol. The van der Waals surface area contributed by atoms with E-state index in [2.05, 4.69) is 0 Å². The summed E-state index contributed by atoms with van der Waals surface area (Å²) in [6.07, 6.45) is 5.61. The molecule has 0 bridgehead atoms. The van der Waals surface area contributed by atoms with E-state index in [-0.39, 0.29) is 28.9 Å². The van der Waals surface area contributed by atoms with Crippen LogP contribution < -0.4 is 4.74 Å². The molecule has 1 aromatic carbocycles. The van der Waals surface area contributed by atoms with Crippen molar-refractivity contribution in [3.05, 3.63) is 27.2 Å². The summed E-state index contributed by atoms with van der Waals surface area (Å²) in [4.78, 5) is 23.7. The molecule has 6 heteroatoms. The van der Waals surface area contributed by atoms with Gasteiger partial charge in [0, 0.05) is 17.4 Å². The Morgan fingerprint density at radius 3 is 2.64 bits per heavy atom. The van der Waals surface area contributed by atoms with E-state index in [9.17, 15) is 9.59 Å². The summed E-state index contributed by atoms with van der Waals surface area (Å²) in [7, 11) is 0. The van der Waals surface area contributed by atoms with E-state index in [1.165, 1.54) is 12.8 Å². The summed E-state index contributed by atoms with van der Waals surface area (Å²) < 4.78 is 5.63. The molecule has 1 N–H and O–H groups in total. The number of ether oxygens (including phenoxy) is 1. The Balaban J connectivity index is 1.83. The molecule has 0 aliphatic heterocycles. The number of ketones is 1. The number of fused-ring (bicyclic) bond motifs is 1. The summed E-state index contributed by atoms with van der Waals surface area (Å²) in [5.74, 6) is 0.0554. The van der Waals surface area contributed by atoms with Crippen LogP contribution in [0.4, 0.5) is 0 Å². The number of halogens is 2. The number of benzene rings is 1. The van der Waals surface area contributed by atoms with E-state index >= 15 is 0 Å². The maximum Gasteiger partial charge on any atom is 0.303 e. The largest absolute Gasteiger partial charge is 0.492 e. The Hall–Kier alpha value is -1.26. The van der Waals surface area contributed by atoms with E-state index in [1.807, 2.05) is 13.0 Å². The van der Waals surface area contributed by atoms with Crippen LogP contribution in [0.3, 0.4) is 0 Å². The number of hydrogen-bond acceptors (Lipinski definition) is 3. The molecule has 4 nitrogen and oxygen atoms in total. The normalized spacial score (nSPS) is 23.1. The lowest BCUT2D eigenvalue weighted by atomic mass is 9.73. The van der Waals surface area contributed by atoms with Gasteiger partial charge >= 0.3 is 5.97 Å². The van der Waals surface area contributed by atoms with Gasteiger partial charge in [0.25, 0.3) is 0 Å². The zero-order valence-corrected chi connectivity index (χ0v) is 15.8. The van der Waals surface area contributed by atoms with Crippen molar-refractivity contribution in [2.45, 2.75) is 51.9 Å². The molecule has 136 valence electrons. The number of carboxylic acids is 1. The molecule has 0 saturated heterocycles. The summed E-state index contributed by atoms with van der Waals surface area (Å²) >= 11 is 12.7. The van der Waals surface area contributed by atoms with Gasteiger partial charge in [-0.1, -0.05) is 43.0 Å². The highest BCUT2D eigenvalue weighted by atomic mass is 35.5. The van der Waals surface area contributed by atoms with Crippen LogP contribution in [0.15, 0.2) is 6.07 Å². The Morgan fingerprint density at radius 1 is 1.32 bits per heavy atom. The number of aliphatic carboxylic acids is 1. The third-order valence-electron chi connectivity index (χ3n) is 5.61. The van der Waals surface area contributed by atoms with Gasteiger partial charge in [-0.3, -0.25) is 9.59 Å². The lowest BCUT2D eigenvalue weighted by molar-refractivity contribution is -0.137. The van der Waals surface area contributed by atoms with E-state index in [0.29, 0.717) is 30.1 Å². The average molecular weight is 385 g/mol. The van der Waals surface area contributed by atoms with E-state index in [0.717, 1.165) is 18.4 Å². The highest BCUT2D eigenvalue weighted by molar-refractivity contribution is 6.45. The number of hydrogen-bond donors (Lipinski definition) is 1. The molecule has 0 spiro atoms. The van der Waals surface area contributed by atoms with Gasteiger partial charge in [-0.25, -0.2) is 0 Å². The van der Waals surface area contributed by atoms with Crippen LogP contribution in [0.1, 0.15) is 61.4 Å². The molecule has 25 heavy (non-hydrogen) atoms. The standard InChI is InChI=1S/C19H22Cl2O4/c1-19(12-5-2-3-6-12)10-11-9-13(25-8-4-7-14(22)23)16(20)17(21)15(11)18(19)24/h9,12H,2-8,10H2,1H3,(H,22,23)/t19-/m1/s1. The third-order valence-corrected chi connectivity index (χ3v) is 6.46. The Morgan fingerprint density at radius 2 is 2.00 bits per heavy atom. The van der Waals surface area contributed by atoms with Crippen LogP contribution in [-0.4, -0.2) is 23.5 Å². The molecule has 1 fully saturated rings. The van der Waals surface area contributed by atoms with Crippen LogP contribution in [0.2, 0.25) is 10.0 Å². The van der Waals surface area contributed by atoms with Gasteiger partial charge in [0.15, 0.2) is 5.78 Å². The second-order valence-electron chi connectivity index (χ2n) is 7.29. The first-order valence-electron chi connectivity index (χ1n) is 8.75. The van der Waals surface area contributed by atoms with Crippen LogP contribution in [0.25, 0.3) is 0 Å². The summed E-state index contributed by atoms with van der Waals surface area (Å²) in [6, 6.07) is 1.81. The minimum atomic E-state index is -0.861.